The molecule has 0 bridgehead atoms. The van der Waals surface area contributed by atoms with Gasteiger partial charge in [0.05, 0.1) is 5.56 Å². The highest BCUT2D eigenvalue weighted by Crippen LogP contribution is 2.27. The number of rotatable bonds is 4. The Morgan fingerprint density at radius 2 is 1.62 bits per heavy atom. The number of carbonyl (C=O) groups is 1. The van der Waals surface area contributed by atoms with Gasteiger partial charge in [0, 0.05) is 10.6 Å². The quantitative estimate of drug-likeness (QED) is 0.700. The highest BCUT2D eigenvalue weighted by atomic mass is 32.2. The predicted molar refractivity (Wildman–Crippen MR) is 86.9 cm³/mol. The van der Waals surface area contributed by atoms with Crippen molar-refractivity contribution < 1.29 is 9.90 Å². The van der Waals surface area contributed by atoms with Crippen molar-refractivity contribution in [3.63, 3.8) is 0 Å². The Kier molecular flexibility index (Phi) is 3.93. The van der Waals surface area contributed by atoms with Gasteiger partial charge in [0.1, 0.15) is 0 Å². The van der Waals surface area contributed by atoms with Crippen LogP contribution in [0.4, 0.5) is 0 Å². The zero-order valence-electron chi connectivity index (χ0n) is 11.3. The van der Waals surface area contributed by atoms with Crippen LogP contribution in [0.5, 0.6) is 0 Å². The van der Waals surface area contributed by atoms with Gasteiger partial charge in [-0.2, -0.15) is 0 Å². The smallest absolute Gasteiger partial charge is 0.335 e. The maximum atomic E-state index is 11.2. The molecule has 0 saturated heterocycles. The van der Waals surface area contributed by atoms with E-state index >= 15 is 0 Å². The number of carboxylic acids is 1. The third-order valence-corrected chi connectivity index (χ3v) is 4.41. The first kappa shape index (κ1) is 13.7. The Labute approximate surface area is 127 Å². The van der Waals surface area contributed by atoms with Gasteiger partial charge in [-0.05, 0) is 34.5 Å². The Balaban J connectivity index is 1.82. The van der Waals surface area contributed by atoms with Gasteiger partial charge in [-0.3, -0.25) is 0 Å². The summed E-state index contributed by atoms with van der Waals surface area (Å²) < 4.78 is 0. The van der Waals surface area contributed by atoms with E-state index in [0.29, 0.717) is 11.3 Å². The number of hydrogen-bond donors (Lipinski definition) is 1. The summed E-state index contributed by atoms with van der Waals surface area (Å²) in [5, 5.41) is 11.6. The molecule has 0 radical (unpaired) electrons. The lowest BCUT2D eigenvalue weighted by atomic mass is 10.1. The van der Waals surface area contributed by atoms with Crippen LogP contribution in [0.2, 0.25) is 0 Å². The van der Waals surface area contributed by atoms with Crippen molar-refractivity contribution in [2.45, 2.75) is 10.6 Å². The zero-order chi connectivity index (χ0) is 14.7. The molecule has 0 amide bonds. The number of aromatic carboxylic acids is 1. The summed E-state index contributed by atoms with van der Waals surface area (Å²) in [4.78, 5) is 12.3. The van der Waals surface area contributed by atoms with Gasteiger partial charge in [-0.15, -0.1) is 11.8 Å². The molecule has 0 atom stereocenters. The number of thioether (sulfide) groups is 1. The van der Waals surface area contributed by atoms with Crippen molar-refractivity contribution in [1.29, 1.82) is 0 Å². The summed E-state index contributed by atoms with van der Waals surface area (Å²) in [6, 6.07) is 21.7. The topological polar surface area (TPSA) is 37.3 Å². The van der Waals surface area contributed by atoms with E-state index < -0.39 is 5.97 Å². The fraction of sp³-hybridized carbons (Fsp3) is 0.0556. The third kappa shape index (κ3) is 3.09. The van der Waals surface area contributed by atoms with Crippen LogP contribution >= 0.6 is 11.8 Å². The van der Waals surface area contributed by atoms with Crippen molar-refractivity contribution in [1.82, 2.24) is 0 Å². The summed E-state index contributed by atoms with van der Waals surface area (Å²) >= 11 is 1.66. The SMILES string of the molecule is O=C(O)c1ccccc1CSc1ccc2ccccc2c1. The summed E-state index contributed by atoms with van der Waals surface area (Å²) in [7, 11) is 0. The first-order valence-electron chi connectivity index (χ1n) is 6.67. The van der Waals surface area contributed by atoms with E-state index in [1.807, 2.05) is 24.3 Å². The van der Waals surface area contributed by atoms with Crippen molar-refractivity contribution >= 4 is 28.5 Å². The molecule has 0 aliphatic heterocycles. The molecule has 0 unspecified atom stereocenters. The van der Waals surface area contributed by atoms with Gasteiger partial charge >= 0.3 is 5.97 Å². The summed E-state index contributed by atoms with van der Waals surface area (Å²) in [5.74, 6) is -0.217. The Bertz CT molecular complexity index is 796. The van der Waals surface area contributed by atoms with Gasteiger partial charge in [0.15, 0.2) is 0 Å². The van der Waals surface area contributed by atoms with Gasteiger partial charge < -0.3 is 5.11 Å². The van der Waals surface area contributed by atoms with Crippen molar-refractivity contribution in [3.05, 3.63) is 77.9 Å². The second kappa shape index (κ2) is 6.02. The van der Waals surface area contributed by atoms with Crippen LogP contribution in [0.1, 0.15) is 15.9 Å². The minimum atomic E-state index is -0.871. The van der Waals surface area contributed by atoms with Crippen molar-refractivity contribution in [2.24, 2.45) is 0 Å². The monoisotopic (exact) mass is 294 g/mol. The molecule has 0 fully saturated rings. The minimum Gasteiger partial charge on any atom is -0.478 e. The first-order valence-corrected chi connectivity index (χ1v) is 7.65. The van der Waals surface area contributed by atoms with E-state index in [2.05, 4.69) is 30.3 Å². The second-order valence-corrected chi connectivity index (χ2v) is 5.81. The summed E-state index contributed by atoms with van der Waals surface area (Å²) in [6.45, 7) is 0. The van der Waals surface area contributed by atoms with Gasteiger partial charge in [0.25, 0.3) is 0 Å². The van der Waals surface area contributed by atoms with E-state index in [1.54, 1.807) is 23.9 Å². The maximum Gasteiger partial charge on any atom is 0.335 e. The predicted octanol–water partition coefficient (Wildman–Crippen LogP) is 4.83. The van der Waals surface area contributed by atoms with Crippen molar-refractivity contribution in [3.8, 4) is 0 Å². The molecular formula is C18H14O2S. The van der Waals surface area contributed by atoms with Crippen LogP contribution in [0.3, 0.4) is 0 Å². The molecule has 104 valence electrons. The highest BCUT2D eigenvalue weighted by Gasteiger charge is 2.09. The molecule has 21 heavy (non-hydrogen) atoms. The number of fused-ring (bicyclic) bond motifs is 1. The van der Waals surface area contributed by atoms with Crippen LogP contribution in [0.15, 0.2) is 71.6 Å². The molecule has 2 nitrogen and oxygen atoms in total. The Morgan fingerprint density at radius 1 is 0.905 bits per heavy atom. The van der Waals surface area contributed by atoms with Crippen molar-refractivity contribution in [2.75, 3.05) is 0 Å². The Morgan fingerprint density at radius 3 is 2.43 bits per heavy atom. The van der Waals surface area contributed by atoms with Crippen LogP contribution < -0.4 is 0 Å². The lowest BCUT2D eigenvalue weighted by Gasteiger charge is -2.06. The maximum absolute atomic E-state index is 11.2. The van der Waals surface area contributed by atoms with Crippen LogP contribution in [-0.4, -0.2) is 11.1 Å². The molecule has 0 aliphatic rings. The molecule has 0 heterocycles. The zero-order valence-corrected chi connectivity index (χ0v) is 12.1. The van der Waals surface area contributed by atoms with E-state index in [0.717, 1.165) is 10.5 Å². The molecule has 0 saturated carbocycles. The Hall–Kier alpha value is -2.26. The molecule has 0 aromatic heterocycles. The molecule has 0 aliphatic carbocycles. The third-order valence-electron chi connectivity index (χ3n) is 3.36. The van der Waals surface area contributed by atoms with E-state index in [9.17, 15) is 9.90 Å². The van der Waals surface area contributed by atoms with Crippen LogP contribution in [-0.2, 0) is 5.75 Å². The fourth-order valence-electron chi connectivity index (χ4n) is 2.27. The molecule has 3 rings (SSSR count). The standard InChI is InChI=1S/C18H14O2S/c19-18(20)17-8-4-3-7-15(17)12-21-16-10-9-13-5-1-2-6-14(13)11-16/h1-11H,12H2,(H,19,20). The van der Waals surface area contributed by atoms with E-state index in [4.69, 9.17) is 0 Å². The largest absolute Gasteiger partial charge is 0.478 e. The molecule has 3 aromatic carbocycles. The van der Waals surface area contributed by atoms with E-state index in [1.165, 1.54) is 10.8 Å². The van der Waals surface area contributed by atoms with Gasteiger partial charge in [0.2, 0.25) is 0 Å². The van der Waals surface area contributed by atoms with Crippen LogP contribution in [0.25, 0.3) is 10.8 Å². The summed E-state index contributed by atoms with van der Waals surface area (Å²) in [6.07, 6.45) is 0. The molecule has 3 heteroatoms. The van der Waals surface area contributed by atoms with E-state index in [-0.39, 0.29) is 0 Å². The molecule has 3 aromatic rings. The molecular weight excluding hydrogens is 280 g/mol. The lowest BCUT2D eigenvalue weighted by molar-refractivity contribution is 0.0696. The highest BCUT2D eigenvalue weighted by molar-refractivity contribution is 7.98. The van der Waals surface area contributed by atoms with Gasteiger partial charge in [-0.25, -0.2) is 4.79 Å². The average Bonchev–Trinajstić information content (AvgIpc) is 2.53. The lowest BCUT2D eigenvalue weighted by Crippen LogP contribution is -2.00. The molecule has 1 N–H and O–H groups in total. The number of benzene rings is 3. The second-order valence-electron chi connectivity index (χ2n) is 4.76. The fourth-order valence-corrected chi connectivity index (χ4v) is 3.22. The van der Waals surface area contributed by atoms with Gasteiger partial charge in [-0.1, -0.05) is 48.5 Å². The minimum absolute atomic E-state index is 0.380. The van der Waals surface area contributed by atoms with Crippen LogP contribution in [0, 0.1) is 0 Å². The number of carboxylic acid groups (broad SMARTS) is 1. The first-order chi connectivity index (χ1) is 10.2. The number of hydrogen-bond acceptors (Lipinski definition) is 2. The molecule has 0 spiro atoms. The normalized spacial score (nSPS) is 10.7. The average molecular weight is 294 g/mol. The summed E-state index contributed by atoms with van der Waals surface area (Å²) in [5.41, 5.74) is 1.23.